The Bertz CT molecular complexity index is 453. The first kappa shape index (κ1) is 14.4. The molecule has 0 radical (unpaired) electrons. The van der Waals surface area contributed by atoms with Crippen molar-refractivity contribution >= 4 is 17.6 Å². The first-order valence-electron chi connectivity index (χ1n) is 6.76. The van der Waals surface area contributed by atoms with Crippen LogP contribution in [0.2, 0.25) is 5.02 Å². The number of halogens is 1. The highest BCUT2D eigenvalue weighted by atomic mass is 35.5. The molecular weight excluding hydrogens is 262 g/mol. The van der Waals surface area contributed by atoms with Gasteiger partial charge in [0, 0.05) is 11.6 Å². The fourth-order valence-electron chi connectivity index (χ4n) is 2.55. The third kappa shape index (κ3) is 3.95. The summed E-state index contributed by atoms with van der Waals surface area (Å²) in [7, 11) is 0. The van der Waals surface area contributed by atoms with Gasteiger partial charge in [0.25, 0.3) is 0 Å². The van der Waals surface area contributed by atoms with E-state index in [9.17, 15) is 4.79 Å². The lowest BCUT2D eigenvalue weighted by Crippen LogP contribution is -2.37. The zero-order valence-corrected chi connectivity index (χ0v) is 12.0. The van der Waals surface area contributed by atoms with Crippen LogP contribution >= 0.6 is 11.6 Å². The number of piperidine rings is 1. The Balaban J connectivity index is 1.80. The molecule has 0 aromatic heterocycles. The van der Waals surface area contributed by atoms with Crippen LogP contribution in [0.5, 0.6) is 0 Å². The smallest absolute Gasteiger partial charge is 0.306 e. The monoisotopic (exact) mass is 281 g/mol. The number of carboxylic acids is 1. The van der Waals surface area contributed by atoms with Crippen molar-refractivity contribution in [1.29, 1.82) is 0 Å². The van der Waals surface area contributed by atoms with Crippen molar-refractivity contribution in [1.82, 2.24) is 4.90 Å². The number of aliphatic carboxylic acids is 1. The predicted octanol–water partition coefficient (Wildman–Crippen LogP) is 2.99. The van der Waals surface area contributed by atoms with E-state index in [0.717, 1.165) is 49.5 Å². The van der Waals surface area contributed by atoms with Crippen molar-refractivity contribution in [2.45, 2.75) is 26.2 Å². The van der Waals surface area contributed by atoms with Crippen molar-refractivity contribution in [3.05, 3.63) is 34.3 Å². The van der Waals surface area contributed by atoms with Gasteiger partial charge in [0.2, 0.25) is 0 Å². The van der Waals surface area contributed by atoms with Crippen LogP contribution in [-0.4, -0.2) is 35.6 Å². The normalized spacial score (nSPS) is 17.6. The molecule has 0 saturated carbocycles. The van der Waals surface area contributed by atoms with Gasteiger partial charge in [0.05, 0.1) is 5.92 Å². The minimum atomic E-state index is -0.645. The summed E-state index contributed by atoms with van der Waals surface area (Å²) in [5, 5.41) is 9.77. The van der Waals surface area contributed by atoms with Crippen LogP contribution in [0.1, 0.15) is 24.0 Å². The number of likely N-dealkylation sites (tertiary alicyclic amines) is 1. The van der Waals surface area contributed by atoms with Gasteiger partial charge >= 0.3 is 5.97 Å². The van der Waals surface area contributed by atoms with Crippen LogP contribution < -0.4 is 0 Å². The highest BCUT2D eigenvalue weighted by molar-refractivity contribution is 6.31. The van der Waals surface area contributed by atoms with Gasteiger partial charge in [-0.2, -0.15) is 0 Å². The zero-order chi connectivity index (χ0) is 13.8. The lowest BCUT2D eigenvalue weighted by molar-refractivity contribution is -0.143. The fourth-order valence-corrected chi connectivity index (χ4v) is 2.67. The molecule has 0 atom stereocenters. The molecule has 1 saturated heterocycles. The molecule has 1 heterocycles. The maximum atomic E-state index is 10.9. The predicted molar refractivity (Wildman–Crippen MR) is 76.7 cm³/mol. The van der Waals surface area contributed by atoms with Gasteiger partial charge in [-0.15, -0.1) is 0 Å². The molecule has 0 unspecified atom stereocenters. The minimum absolute atomic E-state index is 0.144. The van der Waals surface area contributed by atoms with Crippen LogP contribution in [-0.2, 0) is 11.2 Å². The number of benzene rings is 1. The second-order valence-electron chi connectivity index (χ2n) is 5.29. The van der Waals surface area contributed by atoms with Crippen molar-refractivity contribution < 1.29 is 9.90 Å². The van der Waals surface area contributed by atoms with Crippen LogP contribution in [0, 0.1) is 12.8 Å². The Kier molecular flexibility index (Phi) is 4.83. The summed E-state index contributed by atoms with van der Waals surface area (Å²) in [5.41, 5.74) is 2.41. The molecule has 1 aliphatic rings. The standard InChI is InChI=1S/C15H20ClNO2/c1-11-10-12(2-3-14(11)16)4-7-17-8-5-13(6-9-17)15(18)19/h2-3,10,13H,4-9H2,1H3,(H,18,19). The number of nitrogens with zero attached hydrogens (tertiary/aromatic N) is 1. The third-order valence-electron chi connectivity index (χ3n) is 3.88. The van der Waals surface area contributed by atoms with Crippen molar-refractivity contribution in [2.75, 3.05) is 19.6 Å². The molecule has 104 valence electrons. The topological polar surface area (TPSA) is 40.5 Å². The minimum Gasteiger partial charge on any atom is -0.481 e. The van der Waals surface area contributed by atoms with E-state index in [-0.39, 0.29) is 5.92 Å². The van der Waals surface area contributed by atoms with Gasteiger partial charge in [-0.3, -0.25) is 4.79 Å². The van der Waals surface area contributed by atoms with Gasteiger partial charge in [-0.1, -0.05) is 23.7 Å². The summed E-state index contributed by atoms with van der Waals surface area (Å²) in [6.07, 6.45) is 2.54. The van der Waals surface area contributed by atoms with Gasteiger partial charge in [-0.05, 0) is 56.5 Å². The Hall–Kier alpha value is -1.06. The molecule has 1 aromatic carbocycles. The van der Waals surface area contributed by atoms with E-state index in [0.29, 0.717) is 0 Å². The number of carbonyl (C=O) groups is 1. The molecule has 3 nitrogen and oxygen atoms in total. The molecule has 0 amide bonds. The van der Waals surface area contributed by atoms with Crippen LogP contribution in [0.3, 0.4) is 0 Å². The van der Waals surface area contributed by atoms with Gasteiger partial charge < -0.3 is 10.0 Å². The largest absolute Gasteiger partial charge is 0.481 e. The van der Waals surface area contributed by atoms with E-state index in [4.69, 9.17) is 16.7 Å². The Labute approximate surface area is 119 Å². The number of hydrogen-bond acceptors (Lipinski definition) is 2. The van der Waals surface area contributed by atoms with E-state index in [1.54, 1.807) is 0 Å². The first-order valence-corrected chi connectivity index (χ1v) is 7.14. The average Bonchev–Trinajstić information content (AvgIpc) is 2.40. The van der Waals surface area contributed by atoms with Crippen molar-refractivity contribution in [3.63, 3.8) is 0 Å². The molecule has 1 aliphatic heterocycles. The summed E-state index contributed by atoms with van der Waals surface area (Å²) >= 11 is 6.01. The molecule has 1 fully saturated rings. The van der Waals surface area contributed by atoms with E-state index in [2.05, 4.69) is 17.0 Å². The molecule has 2 rings (SSSR count). The first-order chi connectivity index (χ1) is 9.06. The fraction of sp³-hybridized carbons (Fsp3) is 0.533. The van der Waals surface area contributed by atoms with Crippen molar-refractivity contribution in [2.24, 2.45) is 5.92 Å². The third-order valence-corrected chi connectivity index (χ3v) is 4.30. The van der Waals surface area contributed by atoms with E-state index >= 15 is 0 Å². The highest BCUT2D eigenvalue weighted by Crippen LogP contribution is 2.19. The zero-order valence-electron chi connectivity index (χ0n) is 11.2. The number of carboxylic acid groups (broad SMARTS) is 1. The maximum absolute atomic E-state index is 10.9. The summed E-state index contributed by atoms with van der Waals surface area (Å²) in [6, 6.07) is 6.15. The second kappa shape index (κ2) is 6.40. The molecule has 19 heavy (non-hydrogen) atoms. The molecule has 1 N–H and O–H groups in total. The van der Waals surface area contributed by atoms with E-state index in [1.165, 1.54) is 5.56 Å². The SMILES string of the molecule is Cc1cc(CCN2CCC(C(=O)O)CC2)ccc1Cl. The van der Waals surface area contributed by atoms with Gasteiger partial charge in [-0.25, -0.2) is 0 Å². The maximum Gasteiger partial charge on any atom is 0.306 e. The van der Waals surface area contributed by atoms with Crippen LogP contribution in [0.4, 0.5) is 0 Å². The van der Waals surface area contributed by atoms with E-state index in [1.807, 2.05) is 13.0 Å². The molecule has 4 heteroatoms. The lowest BCUT2D eigenvalue weighted by atomic mass is 9.97. The van der Waals surface area contributed by atoms with Gasteiger partial charge in [0.15, 0.2) is 0 Å². The molecule has 0 aliphatic carbocycles. The number of hydrogen-bond donors (Lipinski definition) is 1. The molecular formula is C15H20ClNO2. The summed E-state index contributed by atoms with van der Waals surface area (Å²) in [6.45, 7) is 4.80. The average molecular weight is 282 g/mol. The second-order valence-corrected chi connectivity index (χ2v) is 5.69. The van der Waals surface area contributed by atoms with Crippen molar-refractivity contribution in [3.8, 4) is 0 Å². The highest BCUT2D eigenvalue weighted by Gasteiger charge is 2.23. The Morgan fingerprint density at radius 1 is 1.42 bits per heavy atom. The van der Waals surface area contributed by atoms with Gasteiger partial charge in [0.1, 0.15) is 0 Å². The molecule has 0 spiro atoms. The quantitative estimate of drug-likeness (QED) is 0.922. The molecule has 1 aromatic rings. The molecule has 0 bridgehead atoms. The summed E-state index contributed by atoms with van der Waals surface area (Å²) < 4.78 is 0. The number of rotatable bonds is 4. The lowest BCUT2D eigenvalue weighted by Gasteiger charge is -2.29. The Morgan fingerprint density at radius 3 is 2.68 bits per heavy atom. The number of aryl methyl sites for hydroxylation is 1. The Morgan fingerprint density at radius 2 is 2.11 bits per heavy atom. The van der Waals surface area contributed by atoms with Crippen LogP contribution in [0.25, 0.3) is 0 Å². The van der Waals surface area contributed by atoms with E-state index < -0.39 is 5.97 Å². The summed E-state index contributed by atoms with van der Waals surface area (Å²) in [4.78, 5) is 13.2. The van der Waals surface area contributed by atoms with Crippen LogP contribution in [0.15, 0.2) is 18.2 Å². The summed E-state index contributed by atoms with van der Waals surface area (Å²) in [5.74, 6) is -0.790.